The summed E-state index contributed by atoms with van der Waals surface area (Å²) in [5.41, 5.74) is 1.34. The molecule has 12 heteroatoms. The number of H-pyrrole nitrogens is 1. The fraction of sp³-hybridized carbons (Fsp3) is 0.292. The van der Waals surface area contributed by atoms with Crippen molar-refractivity contribution in [2.24, 2.45) is 0 Å². The lowest BCUT2D eigenvalue weighted by Gasteiger charge is -2.36. The second-order valence-electron chi connectivity index (χ2n) is 8.07. The van der Waals surface area contributed by atoms with E-state index >= 15 is 0 Å². The third-order valence-electron chi connectivity index (χ3n) is 5.76. The average molecular weight is 506 g/mol. The Hall–Kier alpha value is -4.06. The van der Waals surface area contributed by atoms with Crippen LogP contribution in [0.3, 0.4) is 0 Å². The highest BCUT2D eigenvalue weighted by atomic mass is 19.2. The number of nitrogens with zero attached hydrogens (tertiary/aromatic N) is 3. The number of carbonyl (C=O) groups is 2. The summed E-state index contributed by atoms with van der Waals surface area (Å²) in [6.07, 6.45) is 1.12. The molecule has 2 aromatic carbocycles. The zero-order valence-electron chi connectivity index (χ0n) is 19.4. The molecule has 4 rings (SSSR count). The number of benzene rings is 2. The van der Waals surface area contributed by atoms with E-state index < -0.39 is 29.4 Å². The highest BCUT2D eigenvalue weighted by molar-refractivity contribution is 5.89. The van der Waals surface area contributed by atoms with Crippen LogP contribution in [-0.4, -0.2) is 69.3 Å². The van der Waals surface area contributed by atoms with E-state index in [4.69, 9.17) is 10.2 Å². The molecule has 0 bridgehead atoms. The van der Waals surface area contributed by atoms with E-state index in [2.05, 4.69) is 9.88 Å². The van der Waals surface area contributed by atoms with Gasteiger partial charge in [0.1, 0.15) is 0 Å². The molecule has 9 nitrogen and oxygen atoms in total. The lowest BCUT2D eigenvalue weighted by atomic mass is 10.1. The molecule has 192 valence electrons. The van der Waals surface area contributed by atoms with Crippen LogP contribution in [0.1, 0.15) is 5.56 Å². The molecule has 0 aliphatic carbocycles. The summed E-state index contributed by atoms with van der Waals surface area (Å²) in [4.78, 5) is 38.0. The summed E-state index contributed by atoms with van der Waals surface area (Å²) in [6, 6.07) is 8.47. The van der Waals surface area contributed by atoms with Gasteiger partial charge in [-0.05, 0) is 19.1 Å². The van der Waals surface area contributed by atoms with Gasteiger partial charge in [-0.15, -0.1) is 0 Å². The molecular weight excluding hydrogens is 481 g/mol. The molecule has 1 aliphatic heterocycles. The number of carboxylic acids is 2. The van der Waals surface area contributed by atoms with Crippen molar-refractivity contribution in [3.05, 3.63) is 76.0 Å². The van der Waals surface area contributed by atoms with E-state index in [9.17, 15) is 27.6 Å². The molecule has 0 unspecified atom stereocenters. The number of aliphatic carboxylic acids is 2. The molecule has 1 fully saturated rings. The Kier molecular flexibility index (Phi) is 8.54. The number of aromatic nitrogens is 2. The first-order valence-electron chi connectivity index (χ1n) is 11.0. The third-order valence-corrected chi connectivity index (χ3v) is 5.76. The Bertz CT molecular complexity index is 1330. The minimum atomic E-state index is -1.26. The number of halogens is 3. The fourth-order valence-corrected chi connectivity index (χ4v) is 3.87. The maximum atomic E-state index is 14.3. The summed E-state index contributed by atoms with van der Waals surface area (Å²) in [5.74, 6) is -5.39. The number of imidazole rings is 1. The van der Waals surface area contributed by atoms with Crippen LogP contribution in [0, 0.1) is 24.4 Å². The lowest BCUT2D eigenvalue weighted by Crippen LogP contribution is -2.47. The largest absolute Gasteiger partial charge is 0.478 e. The van der Waals surface area contributed by atoms with Crippen LogP contribution in [0.15, 0.2) is 47.3 Å². The molecule has 36 heavy (non-hydrogen) atoms. The summed E-state index contributed by atoms with van der Waals surface area (Å²) >= 11 is 0. The number of carboxylic acid groups (broad SMARTS) is 2. The number of fused-ring (bicyclic) bond motifs is 1. The average Bonchev–Trinajstić information content (AvgIpc) is 3.18. The zero-order valence-corrected chi connectivity index (χ0v) is 19.4. The van der Waals surface area contributed by atoms with Gasteiger partial charge in [0, 0.05) is 63.1 Å². The van der Waals surface area contributed by atoms with Gasteiger partial charge in [-0.2, -0.15) is 0 Å². The van der Waals surface area contributed by atoms with Crippen LogP contribution in [-0.2, 0) is 16.1 Å². The SMILES string of the molecule is Cc1c(F)c(F)cc(N2CCN(CCn3c(=O)[nH]c4ccccc43)CC2)c1F.O=C(O)C=CC(=O)O. The van der Waals surface area contributed by atoms with E-state index in [1.807, 2.05) is 24.3 Å². The number of anilines is 1. The minimum absolute atomic E-state index is 0.101. The zero-order chi connectivity index (χ0) is 26.4. The van der Waals surface area contributed by atoms with Crippen LogP contribution in [0.4, 0.5) is 18.9 Å². The van der Waals surface area contributed by atoms with Crippen molar-refractivity contribution in [3.8, 4) is 0 Å². The van der Waals surface area contributed by atoms with Gasteiger partial charge in [-0.3, -0.25) is 9.47 Å². The maximum Gasteiger partial charge on any atom is 0.328 e. The van der Waals surface area contributed by atoms with Crippen LogP contribution in [0.2, 0.25) is 0 Å². The number of nitrogens with one attached hydrogen (secondary N) is 1. The van der Waals surface area contributed by atoms with Gasteiger partial charge < -0.3 is 20.1 Å². The number of hydrogen-bond acceptors (Lipinski definition) is 5. The lowest BCUT2D eigenvalue weighted by molar-refractivity contribution is -0.134. The van der Waals surface area contributed by atoms with Gasteiger partial charge >= 0.3 is 17.6 Å². The summed E-state index contributed by atoms with van der Waals surface area (Å²) in [5, 5.41) is 15.6. The van der Waals surface area contributed by atoms with E-state index in [-0.39, 0.29) is 16.9 Å². The van der Waals surface area contributed by atoms with Crippen molar-refractivity contribution in [1.82, 2.24) is 14.5 Å². The molecule has 3 aromatic rings. The Labute approximate surface area is 203 Å². The van der Waals surface area contributed by atoms with Crippen LogP contribution in [0.25, 0.3) is 11.0 Å². The van der Waals surface area contributed by atoms with Gasteiger partial charge in [0.25, 0.3) is 0 Å². The predicted molar refractivity (Wildman–Crippen MR) is 127 cm³/mol. The highest BCUT2D eigenvalue weighted by Crippen LogP contribution is 2.27. The fourth-order valence-electron chi connectivity index (χ4n) is 3.87. The van der Waals surface area contributed by atoms with Crippen molar-refractivity contribution in [1.29, 1.82) is 0 Å². The number of hydrogen-bond donors (Lipinski definition) is 3. The Morgan fingerprint density at radius 2 is 1.58 bits per heavy atom. The molecule has 3 N–H and O–H groups in total. The number of para-hydroxylation sites is 2. The quantitative estimate of drug-likeness (QED) is 0.347. The molecule has 0 saturated carbocycles. The first-order chi connectivity index (χ1) is 17.1. The molecule has 1 saturated heterocycles. The Balaban J connectivity index is 0.000000392. The van der Waals surface area contributed by atoms with Crippen molar-refractivity contribution in [3.63, 3.8) is 0 Å². The summed E-state index contributed by atoms with van der Waals surface area (Å²) in [7, 11) is 0. The standard InChI is InChI=1S/C20H21F3N4O.C4H4O4/c1-13-18(22)14(21)12-17(19(13)23)26-9-6-25(7-10-26)8-11-27-16-5-3-2-4-15(16)24-20(27)28;5-3(6)1-2-4(7)8/h2-5,12H,6-11H2,1H3,(H,24,28);1-2H,(H,5,6)(H,7,8). The van der Waals surface area contributed by atoms with Crippen molar-refractivity contribution >= 4 is 28.7 Å². The topological polar surface area (TPSA) is 119 Å². The van der Waals surface area contributed by atoms with Crippen molar-refractivity contribution in [2.75, 3.05) is 37.6 Å². The second-order valence-corrected chi connectivity index (χ2v) is 8.07. The molecule has 0 spiro atoms. The predicted octanol–water partition coefficient (Wildman–Crippen LogP) is 2.59. The first-order valence-corrected chi connectivity index (χ1v) is 11.0. The number of rotatable bonds is 6. The Morgan fingerprint density at radius 1 is 0.972 bits per heavy atom. The molecule has 0 atom stereocenters. The van der Waals surface area contributed by atoms with Crippen LogP contribution < -0.4 is 10.6 Å². The molecule has 0 radical (unpaired) electrons. The molecule has 1 aromatic heterocycles. The van der Waals surface area contributed by atoms with Crippen LogP contribution in [0.5, 0.6) is 0 Å². The van der Waals surface area contributed by atoms with Gasteiger partial charge in [-0.1, -0.05) is 12.1 Å². The van der Waals surface area contributed by atoms with Crippen LogP contribution >= 0.6 is 0 Å². The Morgan fingerprint density at radius 3 is 2.19 bits per heavy atom. The van der Waals surface area contributed by atoms with Crippen molar-refractivity contribution < 1.29 is 33.0 Å². The molecular formula is C24H25F3N4O5. The molecule has 2 heterocycles. The number of aromatic amines is 1. The van der Waals surface area contributed by atoms with Gasteiger partial charge in [0.15, 0.2) is 17.5 Å². The smallest absolute Gasteiger partial charge is 0.328 e. The van der Waals surface area contributed by atoms with E-state index in [0.29, 0.717) is 51.4 Å². The van der Waals surface area contributed by atoms with Gasteiger partial charge in [-0.25, -0.2) is 27.6 Å². The van der Waals surface area contributed by atoms with E-state index in [0.717, 1.165) is 17.1 Å². The second kappa shape index (κ2) is 11.6. The molecule has 0 amide bonds. The summed E-state index contributed by atoms with van der Waals surface area (Å²) in [6.45, 7) is 4.76. The third kappa shape index (κ3) is 6.33. The van der Waals surface area contributed by atoms with Gasteiger partial charge in [0.05, 0.1) is 16.7 Å². The van der Waals surface area contributed by atoms with Gasteiger partial charge in [0.2, 0.25) is 0 Å². The van der Waals surface area contributed by atoms with Crippen molar-refractivity contribution in [2.45, 2.75) is 13.5 Å². The normalized spacial score (nSPS) is 14.2. The van der Waals surface area contributed by atoms with E-state index in [1.54, 1.807) is 9.47 Å². The number of piperazine rings is 1. The first kappa shape index (κ1) is 26.5. The molecule has 1 aliphatic rings. The maximum absolute atomic E-state index is 14.3. The van der Waals surface area contributed by atoms with E-state index in [1.165, 1.54) is 6.92 Å². The summed E-state index contributed by atoms with van der Waals surface area (Å²) < 4.78 is 43.2. The monoisotopic (exact) mass is 506 g/mol. The highest BCUT2D eigenvalue weighted by Gasteiger charge is 2.23. The minimum Gasteiger partial charge on any atom is -0.478 e.